The van der Waals surface area contributed by atoms with Gasteiger partial charge in [-0.25, -0.2) is 9.78 Å². The zero-order valence-electron chi connectivity index (χ0n) is 13.1. The van der Waals surface area contributed by atoms with Gasteiger partial charge in [0, 0.05) is 17.3 Å². The maximum absolute atomic E-state index is 11.8. The van der Waals surface area contributed by atoms with Crippen LogP contribution in [0.3, 0.4) is 0 Å². The minimum atomic E-state index is -0.504. The van der Waals surface area contributed by atoms with Crippen LogP contribution in [0, 0.1) is 0 Å². The molecule has 0 fully saturated rings. The van der Waals surface area contributed by atoms with E-state index in [1.165, 1.54) is 0 Å². The molecule has 0 saturated carbocycles. The zero-order valence-corrected chi connectivity index (χ0v) is 13.8. The summed E-state index contributed by atoms with van der Waals surface area (Å²) in [7, 11) is 0. The third kappa shape index (κ3) is 5.22. The molecule has 1 heterocycles. The van der Waals surface area contributed by atoms with Crippen molar-refractivity contribution < 1.29 is 19.0 Å². The third-order valence-electron chi connectivity index (χ3n) is 3.09. The molecule has 0 amide bonds. The van der Waals surface area contributed by atoms with Crippen LogP contribution < -0.4 is 14.2 Å². The fourth-order valence-corrected chi connectivity index (χ4v) is 2.06. The summed E-state index contributed by atoms with van der Waals surface area (Å²) in [5, 5.41) is 0.573. The Labute approximate surface area is 149 Å². The van der Waals surface area contributed by atoms with Crippen molar-refractivity contribution in [3.63, 3.8) is 0 Å². The molecule has 0 bridgehead atoms. The van der Waals surface area contributed by atoms with Crippen molar-refractivity contribution in [2.45, 2.75) is 0 Å². The van der Waals surface area contributed by atoms with E-state index in [0.29, 0.717) is 28.2 Å². The number of benzene rings is 2. The van der Waals surface area contributed by atoms with Crippen LogP contribution in [0.4, 0.5) is 0 Å². The molecule has 0 aliphatic carbocycles. The second kappa shape index (κ2) is 8.17. The van der Waals surface area contributed by atoms with Crippen LogP contribution in [0.1, 0.15) is 0 Å². The summed E-state index contributed by atoms with van der Waals surface area (Å²) in [6, 6.07) is 18.8. The lowest BCUT2D eigenvalue weighted by molar-refractivity contribution is -0.136. The highest BCUT2D eigenvalue weighted by molar-refractivity contribution is 6.30. The average molecular weight is 356 g/mol. The minimum absolute atomic E-state index is 0.205. The Morgan fingerprint density at radius 3 is 2.24 bits per heavy atom. The van der Waals surface area contributed by atoms with Crippen molar-refractivity contribution in [2.24, 2.45) is 0 Å². The molecule has 0 saturated heterocycles. The van der Waals surface area contributed by atoms with Gasteiger partial charge in [0.15, 0.2) is 6.61 Å². The van der Waals surface area contributed by atoms with Crippen molar-refractivity contribution in [3.8, 4) is 23.1 Å². The summed E-state index contributed by atoms with van der Waals surface area (Å²) in [5.74, 6) is 1.56. The number of esters is 1. The number of hydrogen-bond acceptors (Lipinski definition) is 5. The predicted molar refractivity (Wildman–Crippen MR) is 93.3 cm³/mol. The molecule has 126 valence electrons. The van der Waals surface area contributed by atoms with E-state index in [9.17, 15) is 4.79 Å². The normalized spacial score (nSPS) is 10.1. The van der Waals surface area contributed by atoms with Gasteiger partial charge in [-0.1, -0.05) is 17.7 Å². The Balaban J connectivity index is 1.49. The highest BCUT2D eigenvalue weighted by Gasteiger charge is 2.07. The van der Waals surface area contributed by atoms with Gasteiger partial charge in [-0.15, -0.1) is 0 Å². The number of halogens is 1. The number of carbonyl (C=O) groups is 1. The highest BCUT2D eigenvalue weighted by atomic mass is 35.5. The van der Waals surface area contributed by atoms with Gasteiger partial charge in [-0.05, 0) is 54.6 Å². The van der Waals surface area contributed by atoms with Crippen LogP contribution in [0.5, 0.6) is 23.1 Å². The molecule has 0 aliphatic heterocycles. The first-order valence-corrected chi connectivity index (χ1v) is 7.85. The molecule has 0 radical (unpaired) electrons. The zero-order chi connectivity index (χ0) is 17.5. The molecule has 3 aromatic rings. The number of ether oxygens (including phenoxy) is 3. The Hall–Kier alpha value is -3.05. The van der Waals surface area contributed by atoms with E-state index in [1.807, 2.05) is 12.1 Å². The highest BCUT2D eigenvalue weighted by Crippen LogP contribution is 2.22. The maximum atomic E-state index is 11.8. The fourth-order valence-electron chi connectivity index (χ4n) is 1.94. The first-order valence-electron chi connectivity index (χ1n) is 7.47. The van der Waals surface area contributed by atoms with E-state index in [2.05, 4.69) is 4.98 Å². The van der Waals surface area contributed by atoms with Crippen molar-refractivity contribution in [1.82, 2.24) is 4.98 Å². The molecular weight excluding hydrogens is 342 g/mol. The van der Waals surface area contributed by atoms with Crippen LogP contribution in [-0.2, 0) is 4.79 Å². The van der Waals surface area contributed by atoms with E-state index < -0.39 is 5.97 Å². The predicted octanol–water partition coefficient (Wildman–Crippen LogP) is 4.51. The number of pyridine rings is 1. The fraction of sp³-hybridized carbons (Fsp3) is 0.0526. The van der Waals surface area contributed by atoms with Crippen molar-refractivity contribution in [3.05, 3.63) is 77.9 Å². The molecule has 3 rings (SSSR count). The van der Waals surface area contributed by atoms with E-state index in [1.54, 1.807) is 60.8 Å². The second-order valence-corrected chi connectivity index (χ2v) is 5.39. The van der Waals surface area contributed by atoms with E-state index in [0.717, 1.165) is 0 Å². The number of aromatic nitrogens is 1. The SMILES string of the molecule is O=C(COc1ccc(Oc2ccccn2)cc1)Oc1ccc(Cl)cc1. The van der Waals surface area contributed by atoms with Crippen molar-refractivity contribution >= 4 is 17.6 Å². The number of nitrogens with zero attached hydrogens (tertiary/aromatic N) is 1. The molecule has 1 aromatic heterocycles. The lowest BCUT2D eigenvalue weighted by Crippen LogP contribution is -2.17. The van der Waals surface area contributed by atoms with Crippen molar-refractivity contribution in [2.75, 3.05) is 6.61 Å². The van der Waals surface area contributed by atoms with Gasteiger partial charge in [0.1, 0.15) is 17.2 Å². The lowest BCUT2D eigenvalue weighted by Gasteiger charge is -2.08. The van der Waals surface area contributed by atoms with Gasteiger partial charge in [0.05, 0.1) is 0 Å². The monoisotopic (exact) mass is 355 g/mol. The van der Waals surface area contributed by atoms with Gasteiger partial charge >= 0.3 is 5.97 Å². The van der Waals surface area contributed by atoms with Crippen LogP contribution in [0.25, 0.3) is 0 Å². The molecule has 0 N–H and O–H groups in total. The Kier molecular flexibility index (Phi) is 5.49. The molecule has 0 spiro atoms. The topological polar surface area (TPSA) is 57.7 Å². The Bertz CT molecular complexity index is 820. The number of carbonyl (C=O) groups excluding carboxylic acids is 1. The van der Waals surface area contributed by atoms with Gasteiger partial charge in [0.25, 0.3) is 0 Å². The van der Waals surface area contributed by atoms with Crippen LogP contribution in [0.2, 0.25) is 5.02 Å². The minimum Gasteiger partial charge on any atom is -0.482 e. The lowest BCUT2D eigenvalue weighted by atomic mass is 10.3. The first kappa shape index (κ1) is 16.8. The third-order valence-corrected chi connectivity index (χ3v) is 3.34. The summed E-state index contributed by atoms with van der Waals surface area (Å²) in [5.41, 5.74) is 0. The quantitative estimate of drug-likeness (QED) is 0.481. The molecule has 2 aromatic carbocycles. The summed E-state index contributed by atoms with van der Waals surface area (Å²) < 4.78 is 16.1. The van der Waals surface area contributed by atoms with Gasteiger partial charge in [-0.3, -0.25) is 0 Å². The summed E-state index contributed by atoms with van der Waals surface area (Å²) >= 11 is 5.77. The van der Waals surface area contributed by atoms with E-state index >= 15 is 0 Å². The van der Waals surface area contributed by atoms with Gasteiger partial charge in [0.2, 0.25) is 5.88 Å². The molecular formula is C19H14ClNO4. The van der Waals surface area contributed by atoms with Crippen LogP contribution in [0.15, 0.2) is 72.9 Å². The van der Waals surface area contributed by atoms with E-state index in [-0.39, 0.29) is 6.61 Å². The van der Waals surface area contributed by atoms with Crippen molar-refractivity contribution in [1.29, 1.82) is 0 Å². The standard InChI is InChI=1S/C19H14ClNO4/c20-14-4-6-17(7-5-14)25-19(22)13-23-15-8-10-16(11-9-15)24-18-3-1-2-12-21-18/h1-12H,13H2. The number of rotatable bonds is 6. The summed E-state index contributed by atoms with van der Waals surface area (Å²) in [6.07, 6.45) is 1.65. The summed E-state index contributed by atoms with van der Waals surface area (Å²) in [6.45, 7) is -0.205. The first-order chi connectivity index (χ1) is 12.2. The molecule has 0 atom stereocenters. The Morgan fingerprint density at radius 1 is 0.880 bits per heavy atom. The molecule has 25 heavy (non-hydrogen) atoms. The largest absolute Gasteiger partial charge is 0.482 e. The van der Waals surface area contributed by atoms with Crippen LogP contribution >= 0.6 is 11.6 Å². The van der Waals surface area contributed by atoms with Gasteiger partial charge in [-0.2, -0.15) is 0 Å². The Morgan fingerprint density at radius 2 is 1.56 bits per heavy atom. The molecule has 0 unspecified atom stereocenters. The molecule has 6 heteroatoms. The molecule has 5 nitrogen and oxygen atoms in total. The summed E-state index contributed by atoms with van der Waals surface area (Å²) in [4.78, 5) is 15.8. The maximum Gasteiger partial charge on any atom is 0.349 e. The second-order valence-electron chi connectivity index (χ2n) is 4.96. The van der Waals surface area contributed by atoms with E-state index in [4.69, 9.17) is 25.8 Å². The average Bonchev–Trinajstić information content (AvgIpc) is 2.64. The molecule has 0 aliphatic rings. The smallest absolute Gasteiger partial charge is 0.349 e. The van der Waals surface area contributed by atoms with Crippen LogP contribution in [-0.4, -0.2) is 17.6 Å². The van der Waals surface area contributed by atoms with Gasteiger partial charge < -0.3 is 14.2 Å². The number of hydrogen-bond donors (Lipinski definition) is 0.